The number of hydrogen-bond donors (Lipinski definition) is 2. The van der Waals surface area contributed by atoms with Gasteiger partial charge < -0.3 is 15.4 Å². The average Bonchev–Trinajstić information content (AvgIpc) is 3.17. The fourth-order valence-electron chi connectivity index (χ4n) is 2.59. The molecule has 0 unspecified atom stereocenters. The van der Waals surface area contributed by atoms with Crippen molar-refractivity contribution in [2.45, 2.75) is 19.8 Å². The number of aryl methyl sites for hydroxylation is 1. The largest absolute Gasteiger partial charge is 0.497 e. The number of carbonyl (C=O) groups excluding carboxylic acids is 2. The zero-order valence-electron chi connectivity index (χ0n) is 15.7. The number of aromatic nitrogens is 1. The van der Waals surface area contributed by atoms with Crippen LogP contribution >= 0.6 is 11.3 Å². The first-order valence-corrected chi connectivity index (χ1v) is 9.68. The van der Waals surface area contributed by atoms with Crippen LogP contribution in [0.5, 0.6) is 5.75 Å². The molecule has 0 aliphatic heterocycles. The van der Waals surface area contributed by atoms with E-state index in [2.05, 4.69) is 15.6 Å². The predicted molar refractivity (Wildman–Crippen MR) is 112 cm³/mol. The number of thiazole rings is 1. The summed E-state index contributed by atoms with van der Waals surface area (Å²) in [5.41, 5.74) is 3.31. The van der Waals surface area contributed by atoms with Gasteiger partial charge in [0.1, 0.15) is 10.8 Å². The minimum Gasteiger partial charge on any atom is -0.497 e. The molecular formula is C21H21N3O3S. The van der Waals surface area contributed by atoms with Crippen molar-refractivity contribution < 1.29 is 14.3 Å². The van der Waals surface area contributed by atoms with E-state index in [4.69, 9.17) is 4.74 Å². The van der Waals surface area contributed by atoms with Crippen LogP contribution in [0.25, 0.3) is 10.6 Å². The van der Waals surface area contributed by atoms with E-state index in [0.717, 1.165) is 22.0 Å². The summed E-state index contributed by atoms with van der Waals surface area (Å²) in [7, 11) is 1.64. The van der Waals surface area contributed by atoms with Gasteiger partial charge >= 0.3 is 0 Å². The topological polar surface area (TPSA) is 80.3 Å². The van der Waals surface area contributed by atoms with Crippen LogP contribution in [0.15, 0.2) is 53.9 Å². The number of carbonyl (C=O) groups is 2. The van der Waals surface area contributed by atoms with E-state index in [1.165, 1.54) is 6.92 Å². The van der Waals surface area contributed by atoms with Gasteiger partial charge in [0.25, 0.3) is 0 Å². The Morgan fingerprint density at radius 2 is 1.64 bits per heavy atom. The summed E-state index contributed by atoms with van der Waals surface area (Å²) >= 11 is 1.56. The lowest BCUT2D eigenvalue weighted by molar-refractivity contribution is -0.116. The Kier molecular flexibility index (Phi) is 6.39. The van der Waals surface area contributed by atoms with E-state index >= 15 is 0 Å². The van der Waals surface area contributed by atoms with Crippen molar-refractivity contribution in [3.63, 3.8) is 0 Å². The minimum absolute atomic E-state index is 0.0775. The molecule has 1 heterocycles. The van der Waals surface area contributed by atoms with Crippen molar-refractivity contribution in [2.24, 2.45) is 0 Å². The summed E-state index contributed by atoms with van der Waals surface area (Å²) in [5.74, 6) is 0.600. The third-order valence-corrected chi connectivity index (χ3v) is 4.93. The molecule has 144 valence electrons. The number of anilines is 2. The van der Waals surface area contributed by atoms with Gasteiger partial charge in [-0.05, 0) is 55.0 Å². The zero-order valence-corrected chi connectivity index (χ0v) is 16.5. The van der Waals surface area contributed by atoms with Gasteiger partial charge in [0, 0.05) is 35.7 Å². The number of nitrogens with one attached hydrogen (secondary N) is 2. The molecule has 0 atom stereocenters. The van der Waals surface area contributed by atoms with Crippen molar-refractivity contribution >= 4 is 34.5 Å². The van der Waals surface area contributed by atoms with E-state index in [0.29, 0.717) is 24.2 Å². The van der Waals surface area contributed by atoms with Crippen LogP contribution in [-0.4, -0.2) is 23.9 Å². The quantitative estimate of drug-likeness (QED) is 0.623. The van der Waals surface area contributed by atoms with Crippen LogP contribution in [0.4, 0.5) is 11.4 Å². The number of methoxy groups -OCH3 is 1. The number of hydrogen-bond acceptors (Lipinski definition) is 5. The molecule has 0 radical (unpaired) electrons. The van der Waals surface area contributed by atoms with Crippen LogP contribution in [0.2, 0.25) is 0 Å². The van der Waals surface area contributed by atoms with E-state index in [1.807, 2.05) is 29.6 Å². The number of amides is 2. The van der Waals surface area contributed by atoms with E-state index < -0.39 is 0 Å². The highest BCUT2D eigenvalue weighted by atomic mass is 32.1. The van der Waals surface area contributed by atoms with Gasteiger partial charge in [-0.15, -0.1) is 11.3 Å². The maximum absolute atomic E-state index is 12.2. The summed E-state index contributed by atoms with van der Waals surface area (Å²) in [5, 5.41) is 8.45. The van der Waals surface area contributed by atoms with Crippen LogP contribution in [0.1, 0.15) is 19.0 Å². The summed E-state index contributed by atoms with van der Waals surface area (Å²) < 4.78 is 5.17. The third-order valence-electron chi connectivity index (χ3n) is 3.99. The molecule has 0 saturated heterocycles. The lowest BCUT2D eigenvalue weighted by Gasteiger charge is -2.06. The lowest BCUT2D eigenvalue weighted by atomic mass is 10.2. The van der Waals surface area contributed by atoms with Crippen molar-refractivity contribution in [3.8, 4) is 16.3 Å². The monoisotopic (exact) mass is 395 g/mol. The molecule has 7 heteroatoms. The van der Waals surface area contributed by atoms with Crippen molar-refractivity contribution in [3.05, 3.63) is 59.6 Å². The van der Waals surface area contributed by atoms with Crippen LogP contribution in [0, 0.1) is 0 Å². The molecule has 0 bridgehead atoms. The second kappa shape index (κ2) is 9.14. The molecule has 0 aliphatic rings. The maximum Gasteiger partial charge on any atom is 0.224 e. The lowest BCUT2D eigenvalue weighted by Crippen LogP contribution is -2.12. The summed E-state index contributed by atoms with van der Waals surface area (Å²) in [6.07, 6.45) is 0.918. The SMILES string of the molecule is COc1ccc(-c2nc(CCC(=O)Nc3ccc(NC(C)=O)cc3)cs2)cc1. The van der Waals surface area contributed by atoms with E-state index in [-0.39, 0.29) is 11.8 Å². The maximum atomic E-state index is 12.2. The van der Waals surface area contributed by atoms with Gasteiger partial charge in [-0.3, -0.25) is 9.59 Å². The molecule has 6 nitrogen and oxygen atoms in total. The van der Waals surface area contributed by atoms with Crippen molar-refractivity contribution in [2.75, 3.05) is 17.7 Å². The molecule has 1 aromatic heterocycles. The molecule has 0 fully saturated rings. The highest BCUT2D eigenvalue weighted by molar-refractivity contribution is 7.13. The summed E-state index contributed by atoms with van der Waals surface area (Å²) in [6, 6.07) is 14.8. The first kappa shape index (κ1) is 19.6. The Morgan fingerprint density at radius 3 is 2.25 bits per heavy atom. The molecule has 28 heavy (non-hydrogen) atoms. The van der Waals surface area contributed by atoms with Gasteiger partial charge in [-0.1, -0.05) is 0 Å². The zero-order chi connectivity index (χ0) is 19.9. The minimum atomic E-state index is -0.131. The number of rotatable bonds is 7. The Bertz CT molecular complexity index is 950. The van der Waals surface area contributed by atoms with Gasteiger partial charge in [0.15, 0.2) is 0 Å². The second-order valence-corrected chi connectivity index (χ2v) is 7.04. The van der Waals surface area contributed by atoms with Crippen LogP contribution in [-0.2, 0) is 16.0 Å². The molecule has 3 aromatic rings. The Hall–Kier alpha value is -3.19. The van der Waals surface area contributed by atoms with E-state index in [1.54, 1.807) is 42.7 Å². The molecule has 0 saturated carbocycles. The number of ether oxygens (including phenoxy) is 1. The third kappa shape index (κ3) is 5.40. The molecular weight excluding hydrogens is 374 g/mol. The fraction of sp³-hybridized carbons (Fsp3) is 0.190. The van der Waals surface area contributed by atoms with Crippen molar-refractivity contribution in [1.82, 2.24) is 4.98 Å². The van der Waals surface area contributed by atoms with Crippen molar-refractivity contribution in [1.29, 1.82) is 0 Å². The number of benzene rings is 2. The van der Waals surface area contributed by atoms with Gasteiger partial charge in [-0.2, -0.15) is 0 Å². The molecule has 2 aromatic carbocycles. The molecule has 3 rings (SSSR count). The predicted octanol–water partition coefficient (Wildman–Crippen LogP) is 4.35. The Balaban J connectivity index is 1.52. The van der Waals surface area contributed by atoms with Gasteiger partial charge in [-0.25, -0.2) is 4.98 Å². The number of nitrogens with zero attached hydrogens (tertiary/aromatic N) is 1. The van der Waals surface area contributed by atoms with Gasteiger partial charge in [0.2, 0.25) is 11.8 Å². The highest BCUT2D eigenvalue weighted by Gasteiger charge is 2.08. The van der Waals surface area contributed by atoms with E-state index in [9.17, 15) is 9.59 Å². The second-order valence-electron chi connectivity index (χ2n) is 6.18. The standard InChI is InChI=1S/C21H21N3O3S/c1-14(25)22-16-5-7-17(8-6-16)23-20(26)12-9-18-13-28-21(24-18)15-3-10-19(27-2)11-4-15/h3-8,10-11,13H,9,12H2,1-2H3,(H,22,25)(H,23,26). The smallest absolute Gasteiger partial charge is 0.224 e. The molecule has 2 amide bonds. The Morgan fingerprint density at radius 1 is 1.00 bits per heavy atom. The van der Waals surface area contributed by atoms with Crippen LogP contribution < -0.4 is 15.4 Å². The first-order chi connectivity index (χ1) is 13.5. The molecule has 0 aliphatic carbocycles. The highest BCUT2D eigenvalue weighted by Crippen LogP contribution is 2.26. The fourth-order valence-corrected chi connectivity index (χ4v) is 3.45. The summed E-state index contributed by atoms with van der Waals surface area (Å²) in [6.45, 7) is 1.45. The first-order valence-electron chi connectivity index (χ1n) is 8.80. The Labute approximate surface area is 167 Å². The molecule has 0 spiro atoms. The normalized spacial score (nSPS) is 10.4. The average molecular weight is 395 g/mol. The summed E-state index contributed by atoms with van der Waals surface area (Å²) in [4.78, 5) is 27.8. The molecule has 2 N–H and O–H groups in total. The van der Waals surface area contributed by atoms with Gasteiger partial charge in [0.05, 0.1) is 12.8 Å². The van der Waals surface area contributed by atoms with Crippen LogP contribution in [0.3, 0.4) is 0 Å².